The molecule has 0 radical (unpaired) electrons. The summed E-state index contributed by atoms with van der Waals surface area (Å²) in [5, 5.41) is 2.55. The first kappa shape index (κ1) is 17.0. The maximum Gasteiger partial charge on any atom is 0.414 e. The summed E-state index contributed by atoms with van der Waals surface area (Å²) in [5.74, 6) is -1.07. The minimum absolute atomic E-state index is 0.0736. The van der Waals surface area contributed by atoms with Crippen LogP contribution in [-0.2, 0) is 9.53 Å². The molecule has 4 rings (SSSR count). The predicted octanol–water partition coefficient (Wildman–Crippen LogP) is 0.819. The predicted molar refractivity (Wildman–Crippen MR) is 89.8 cm³/mol. The van der Waals surface area contributed by atoms with Crippen LogP contribution in [0.2, 0.25) is 0 Å². The Hall–Kier alpha value is -2.42. The van der Waals surface area contributed by atoms with E-state index in [1.807, 2.05) is 0 Å². The van der Waals surface area contributed by atoms with Gasteiger partial charge in [0.05, 0.1) is 18.8 Å². The van der Waals surface area contributed by atoms with Crippen LogP contribution < -0.4 is 20.9 Å². The molecular weight excluding hydrogens is 346 g/mol. The summed E-state index contributed by atoms with van der Waals surface area (Å²) in [7, 11) is 0. The minimum Gasteiger partial charge on any atom is -0.442 e. The Balaban J connectivity index is 1.49. The van der Waals surface area contributed by atoms with Gasteiger partial charge in [-0.25, -0.2) is 13.6 Å². The molecule has 2 heterocycles. The summed E-state index contributed by atoms with van der Waals surface area (Å²) in [6.45, 7) is 2.71. The molecular formula is C17H20F2N4O3. The van der Waals surface area contributed by atoms with Crippen molar-refractivity contribution in [1.82, 2.24) is 5.32 Å². The third-order valence-electron chi connectivity index (χ3n) is 5.34. The monoisotopic (exact) mass is 366 g/mol. The van der Waals surface area contributed by atoms with Crippen LogP contribution in [-0.4, -0.2) is 50.3 Å². The highest BCUT2D eigenvalue weighted by molar-refractivity contribution is 5.90. The lowest BCUT2D eigenvalue weighted by Crippen LogP contribution is -2.33. The topological polar surface area (TPSA) is 87.9 Å². The van der Waals surface area contributed by atoms with Gasteiger partial charge in [-0.2, -0.15) is 0 Å². The number of fused-ring (bicyclic) bond motifs is 1. The Morgan fingerprint density at radius 1 is 1.27 bits per heavy atom. The third kappa shape index (κ3) is 2.86. The molecule has 0 spiro atoms. The standard InChI is InChI=1S/C17H20F2N4O3/c1-8(24)21-4-10-5-23(17(25)26-10)9-2-13(18)16(14(19)3-9)22-6-11-12(7-22)15(11)20/h2-3,10-12,15H,4-7,20H2,1H3,(H,21,24)/t10-,11-,12+,15?/m0/s1. The zero-order valence-corrected chi connectivity index (χ0v) is 14.2. The minimum atomic E-state index is -0.715. The number of carbonyl (C=O) groups is 2. The lowest BCUT2D eigenvalue weighted by atomic mass is 10.2. The lowest BCUT2D eigenvalue weighted by molar-refractivity contribution is -0.119. The quantitative estimate of drug-likeness (QED) is 0.824. The number of halogens is 2. The summed E-state index contributed by atoms with van der Waals surface area (Å²) in [6, 6.07) is 2.42. The maximum absolute atomic E-state index is 14.6. The van der Waals surface area contributed by atoms with E-state index in [9.17, 15) is 18.4 Å². The highest BCUT2D eigenvalue weighted by Crippen LogP contribution is 2.46. The van der Waals surface area contributed by atoms with E-state index in [1.54, 1.807) is 4.90 Å². The molecule has 3 fully saturated rings. The molecule has 7 nitrogen and oxygen atoms in total. The number of amides is 2. The zero-order valence-electron chi connectivity index (χ0n) is 14.2. The second-order valence-corrected chi connectivity index (χ2v) is 7.12. The van der Waals surface area contributed by atoms with Gasteiger partial charge in [0, 0.05) is 38.2 Å². The number of rotatable bonds is 4. The number of nitrogens with zero attached hydrogens (tertiary/aromatic N) is 2. The SMILES string of the molecule is CC(=O)NC[C@H]1CN(c2cc(F)c(N3C[C@@H]4C(N)[C@@H]4C3)c(F)c2)C(=O)O1. The lowest BCUT2D eigenvalue weighted by Gasteiger charge is -2.24. The summed E-state index contributed by atoms with van der Waals surface area (Å²) < 4.78 is 34.3. The summed E-state index contributed by atoms with van der Waals surface area (Å²) >= 11 is 0. The molecule has 9 heteroatoms. The van der Waals surface area contributed by atoms with Gasteiger partial charge in [-0.3, -0.25) is 9.69 Å². The fourth-order valence-corrected chi connectivity index (χ4v) is 3.86. The molecule has 1 unspecified atom stereocenters. The van der Waals surface area contributed by atoms with Crippen LogP contribution in [0.15, 0.2) is 12.1 Å². The van der Waals surface area contributed by atoms with Crippen molar-refractivity contribution in [2.45, 2.75) is 19.1 Å². The Morgan fingerprint density at radius 2 is 1.88 bits per heavy atom. The van der Waals surface area contributed by atoms with Crippen molar-refractivity contribution in [3.8, 4) is 0 Å². The van der Waals surface area contributed by atoms with E-state index in [0.717, 1.165) is 12.1 Å². The van der Waals surface area contributed by atoms with Crippen LogP contribution >= 0.6 is 0 Å². The Kier molecular flexibility index (Phi) is 3.98. The van der Waals surface area contributed by atoms with Gasteiger partial charge < -0.3 is 20.7 Å². The molecule has 4 atom stereocenters. The maximum atomic E-state index is 14.6. The molecule has 1 aliphatic carbocycles. The van der Waals surface area contributed by atoms with Gasteiger partial charge in [0.2, 0.25) is 5.91 Å². The number of nitrogens with one attached hydrogen (secondary N) is 1. The number of ether oxygens (including phenoxy) is 1. The van der Waals surface area contributed by atoms with E-state index in [0.29, 0.717) is 24.9 Å². The summed E-state index contributed by atoms with van der Waals surface area (Å²) in [5.41, 5.74) is 5.89. The van der Waals surface area contributed by atoms with Gasteiger partial charge in [0.1, 0.15) is 11.8 Å². The van der Waals surface area contributed by atoms with Crippen molar-refractivity contribution < 1.29 is 23.1 Å². The fraction of sp³-hybridized carbons (Fsp3) is 0.529. The summed E-state index contributed by atoms with van der Waals surface area (Å²) in [4.78, 5) is 25.8. The van der Waals surface area contributed by atoms with Gasteiger partial charge in [0.15, 0.2) is 11.6 Å². The molecule has 1 aromatic carbocycles. The van der Waals surface area contributed by atoms with Crippen molar-refractivity contribution in [2.75, 3.05) is 36.0 Å². The normalized spacial score (nSPS) is 29.6. The van der Waals surface area contributed by atoms with Gasteiger partial charge >= 0.3 is 6.09 Å². The zero-order chi connectivity index (χ0) is 18.6. The first-order valence-corrected chi connectivity index (χ1v) is 8.57. The van der Waals surface area contributed by atoms with Crippen LogP contribution in [0.1, 0.15) is 6.92 Å². The van der Waals surface area contributed by atoms with Crippen molar-refractivity contribution in [3.63, 3.8) is 0 Å². The van der Waals surface area contributed by atoms with Crippen LogP contribution in [0.25, 0.3) is 0 Å². The van der Waals surface area contributed by atoms with E-state index in [4.69, 9.17) is 10.5 Å². The Morgan fingerprint density at radius 3 is 2.46 bits per heavy atom. The van der Waals surface area contributed by atoms with Crippen molar-refractivity contribution in [3.05, 3.63) is 23.8 Å². The number of hydrogen-bond donors (Lipinski definition) is 2. The van der Waals surface area contributed by atoms with E-state index in [-0.39, 0.29) is 36.4 Å². The summed E-state index contributed by atoms with van der Waals surface area (Å²) in [6.07, 6.45) is -1.26. The van der Waals surface area contributed by atoms with Gasteiger partial charge in [-0.1, -0.05) is 0 Å². The highest BCUT2D eigenvalue weighted by atomic mass is 19.1. The first-order chi connectivity index (χ1) is 12.3. The second-order valence-electron chi connectivity index (χ2n) is 7.12. The second kappa shape index (κ2) is 6.08. The molecule has 2 saturated heterocycles. The van der Waals surface area contributed by atoms with Crippen LogP contribution in [0.3, 0.4) is 0 Å². The number of cyclic esters (lactones) is 1. The molecule has 2 amide bonds. The van der Waals surface area contributed by atoms with Crippen molar-refractivity contribution in [1.29, 1.82) is 0 Å². The third-order valence-corrected chi connectivity index (χ3v) is 5.34. The van der Waals surface area contributed by atoms with Gasteiger partial charge in [0.25, 0.3) is 0 Å². The molecule has 2 aliphatic heterocycles. The Labute approximate surface area is 149 Å². The van der Waals surface area contributed by atoms with Crippen LogP contribution in [0, 0.1) is 23.5 Å². The Bertz CT molecular complexity index is 739. The van der Waals surface area contributed by atoms with Crippen LogP contribution in [0.4, 0.5) is 25.0 Å². The molecule has 1 aromatic rings. The fourth-order valence-electron chi connectivity index (χ4n) is 3.86. The van der Waals surface area contributed by atoms with Crippen molar-refractivity contribution >= 4 is 23.4 Å². The average molecular weight is 366 g/mol. The largest absolute Gasteiger partial charge is 0.442 e. The number of nitrogens with two attached hydrogens (primary N) is 1. The molecule has 1 saturated carbocycles. The van der Waals surface area contributed by atoms with Gasteiger partial charge in [-0.05, 0) is 11.8 Å². The average Bonchev–Trinajstić information content (AvgIpc) is 2.93. The first-order valence-electron chi connectivity index (χ1n) is 8.57. The van der Waals surface area contributed by atoms with E-state index >= 15 is 0 Å². The number of piperidine rings is 1. The molecule has 3 N–H and O–H groups in total. The molecule has 0 aromatic heterocycles. The molecule has 140 valence electrons. The number of hydrogen-bond acceptors (Lipinski definition) is 5. The molecule has 3 aliphatic rings. The smallest absolute Gasteiger partial charge is 0.414 e. The van der Waals surface area contributed by atoms with Crippen molar-refractivity contribution in [2.24, 2.45) is 17.6 Å². The van der Waals surface area contributed by atoms with Gasteiger partial charge in [-0.15, -0.1) is 0 Å². The van der Waals surface area contributed by atoms with E-state index < -0.39 is 23.8 Å². The number of anilines is 2. The highest BCUT2D eigenvalue weighted by Gasteiger charge is 2.54. The molecule has 0 bridgehead atoms. The van der Waals surface area contributed by atoms with Crippen LogP contribution in [0.5, 0.6) is 0 Å². The number of benzene rings is 1. The number of carbonyl (C=O) groups excluding carboxylic acids is 2. The van der Waals surface area contributed by atoms with E-state index in [1.165, 1.54) is 11.8 Å². The molecule has 26 heavy (non-hydrogen) atoms. The van der Waals surface area contributed by atoms with E-state index in [2.05, 4.69) is 5.32 Å².